The Kier molecular flexibility index (Phi) is 2.51. The highest BCUT2D eigenvalue weighted by molar-refractivity contribution is 7.82. The van der Waals surface area contributed by atoms with E-state index < -0.39 is 0 Å². The Morgan fingerprint density at radius 2 is 2.00 bits per heavy atom. The molecule has 2 heteroatoms. The monoisotopic (exact) mass is 174 g/mol. The highest BCUT2D eigenvalue weighted by Crippen LogP contribution is 2.55. The van der Waals surface area contributed by atoms with E-state index in [0.717, 1.165) is 0 Å². The zero-order chi connectivity index (χ0) is 8.39. The lowest BCUT2D eigenvalue weighted by atomic mass is 10.1. The molecule has 1 aliphatic rings. The van der Waals surface area contributed by atoms with Crippen LogP contribution in [0.2, 0.25) is 0 Å². The predicted octanol–water partition coefficient (Wildman–Crippen LogP) is 3.09. The molecular formula is C10H12BP. The third-order valence-corrected chi connectivity index (χ3v) is 4.67. The van der Waals surface area contributed by atoms with Crippen LogP contribution in [0.15, 0.2) is 30.3 Å². The van der Waals surface area contributed by atoms with Gasteiger partial charge in [-0.3, -0.25) is 0 Å². The SMILES string of the molecule is [B]P1CCC[C@@H]1c1ccccc1. The molecule has 0 aliphatic carbocycles. The van der Waals surface area contributed by atoms with Crippen molar-refractivity contribution >= 4 is 15.4 Å². The van der Waals surface area contributed by atoms with Crippen molar-refractivity contribution in [2.75, 3.05) is 6.16 Å². The number of hydrogen-bond acceptors (Lipinski definition) is 0. The molecule has 60 valence electrons. The van der Waals surface area contributed by atoms with Crippen molar-refractivity contribution in [3.05, 3.63) is 35.9 Å². The van der Waals surface area contributed by atoms with Gasteiger partial charge >= 0.3 is 0 Å². The number of benzene rings is 1. The Labute approximate surface area is 76.5 Å². The smallest absolute Gasteiger partial charge is 0.109 e. The van der Waals surface area contributed by atoms with E-state index in [4.69, 9.17) is 7.57 Å². The fraction of sp³-hybridized carbons (Fsp3) is 0.400. The van der Waals surface area contributed by atoms with Gasteiger partial charge in [-0.2, -0.15) is 0 Å². The summed E-state index contributed by atoms with van der Waals surface area (Å²) in [4.78, 5) is 0. The Hall–Kier alpha value is -0.285. The van der Waals surface area contributed by atoms with Crippen LogP contribution in [0.4, 0.5) is 0 Å². The summed E-state index contributed by atoms with van der Waals surface area (Å²) in [6.07, 6.45) is 3.88. The van der Waals surface area contributed by atoms with E-state index in [0.29, 0.717) is 5.66 Å². The van der Waals surface area contributed by atoms with E-state index in [1.165, 1.54) is 24.6 Å². The summed E-state index contributed by atoms with van der Waals surface area (Å²) in [5, 5.41) is 0. The average molecular weight is 174 g/mol. The van der Waals surface area contributed by atoms with Gasteiger partial charge in [0.2, 0.25) is 0 Å². The van der Waals surface area contributed by atoms with E-state index >= 15 is 0 Å². The van der Waals surface area contributed by atoms with Crippen LogP contribution in [0.25, 0.3) is 0 Å². The van der Waals surface area contributed by atoms with Crippen molar-refractivity contribution in [1.82, 2.24) is 0 Å². The second-order valence-electron chi connectivity index (χ2n) is 3.31. The Morgan fingerprint density at radius 3 is 2.58 bits per heavy atom. The molecule has 12 heavy (non-hydrogen) atoms. The molecule has 1 aromatic rings. The van der Waals surface area contributed by atoms with Crippen LogP contribution in [0.3, 0.4) is 0 Å². The van der Waals surface area contributed by atoms with Crippen molar-refractivity contribution in [1.29, 1.82) is 0 Å². The molecular weight excluding hydrogens is 162 g/mol. The standard InChI is InChI=1S/C10H12BP/c11-12-8-4-7-10(12)9-5-2-1-3-6-9/h1-3,5-6,10H,4,7-8H2/t10-,12?/m1/s1. The fourth-order valence-corrected chi connectivity index (χ4v) is 3.75. The molecule has 0 amide bonds. The van der Waals surface area contributed by atoms with Crippen molar-refractivity contribution in [2.24, 2.45) is 0 Å². The van der Waals surface area contributed by atoms with E-state index in [1.54, 1.807) is 0 Å². The predicted molar refractivity (Wildman–Crippen MR) is 56.0 cm³/mol. The van der Waals surface area contributed by atoms with Crippen molar-refractivity contribution < 1.29 is 0 Å². The first kappa shape index (κ1) is 8.32. The van der Waals surface area contributed by atoms with Crippen LogP contribution >= 0.6 is 7.80 Å². The lowest BCUT2D eigenvalue weighted by Gasteiger charge is -2.16. The Bertz CT molecular complexity index is 247. The normalized spacial score (nSPS) is 29.0. The van der Waals surface area contributed by atoms with Gasteiger partial charge in [0.05, 0.1) is 0 Å². The third kappa shape index (κ3) is 1.56. The Morgan fingerprint density at radius 1 is 1.25 bits per heavy atom. The largest absolute Gasteiger partial charge is 0.149 e. The highest BCUT2D eigenvalue weighted by atomic mass is 31.1. The molecule has 2 atom stereocenters. The number of hydrogen-bond donors (Lipinski definition) is 0. The van der Waals surface area contributed by atoms with Crippen LogP contribution in [-0.4, -0.2) is 13.7 Å². The maximum Gasteiger partial charge on any atom is 0.109 e. The molecule has 0 aromatic heterocycles. The summed E-state index contributed by atoms with van der Waals surface area (Å²) in [5.41, 5.74) is 2.13. The van der Waals surface area contributed by atoms with Crippen molar-refractivity contribution in [3.8, 4) is 0 Å². The summed E-state index contributed by atoms with van der Waals surface area (Å²) in [6.45, 7) is 0. The minimum absolute atomic E-state index is 0.205. The van der Waals surface area contributed by atoms with E-state index in [9.17, 15) is 0 Å². The summed E-state index contributed by atoms with van der Waals surface area (Å²) < 4.78 is 0. The maximum atomic E-state index is 6.08. The molecule has 2 radical (unpaired) electrons. The molecule has 2 rings (SSSR count). The quantitative estimate of drug-likeness (QED) is 0.453. The van der Waals surface area contributed by atoms with Gasteiger partial charge in [0, 0.05) is 0 Å². The molecule has 0 bridgehead atoms. The van der Waals surface area contributed by atoms with Gasteiger partial charge in [-0.05, 0) is 30.2 Å². The molecule has 1 unspecified atom stereocenters. The molecule has 1 heterocycles. The Balaban J connectivity index is 2.19. The topological polar surface area (TPSA) is 0 Å². The first-order valence-corrected chi connectivity index (χ1v) is 6.11. The molecule has 0 N–H and O–H groups in total. The minimum atomic E-state index is -0.205. The molecule has 0 saturated carbocycles. The zero-order valence-corrected chi connectivity index (χ0v) is 8.00. The van der Waals surface area contributed by atoms with Gasteiger partial charge in [0.1, 0.15) is 7.57 Å². The van der Waals surface area contributed by atoms with E-state index in [-0.39, 0.29) is 7.80 Å². The number of rotatable bonds is 1. The second kappa shape index (κ2) is 3.62. The van der Waals surface area contributed by atoms with E-state index in [1.807, 2.05) is 0 Å². The first-order chi connectivity index (χ1) is 5.88. The highest BCUT2D eigenvalue weighted by Gasteiger charge is 2.22. The molecule has 1 fully saturated rings. The maximum absolute atomic E-state index is 6.08. The van der Waals surface area contributed by atoms with Crippen LogP contribution in [0.5, 0.6) is 0 Å². The van der Waals surface area contributed by atoms with Gasteiger partial charge in [-0.25, -0.2) is 0 Å². The summed E-state index contributed by atoms with van der Waals surface area (Å²) >= 11 is 0. The molecule has 1 aliphatic heterocycles. The van der Waals surface area contributed by atoms with Gasteiger partial charge in [0.25, 0.3) is 0 Å². The summed E-state index contributed by atoms with van der Waals surface area (Å²) in [6, 6.07) is 10.7. The second-order valence-corrected chi connectivity index (χ2v) is 5.41. The molecule has 1 aromatic carbocycles. The summed E-state index contributed by atoms with van der Waals surface area (Å²) in [7, 11) is 5.87. The van der Waals surface area contributed by atoms with Gasteiger partial charge in [-0.1, -0.05) is 30.3 Å². The van der Waals surface area contributed by atoms with Crippen LogP contribution in [0.1, 0.15) is 24.1 Å². The van der Waals surface area contributed by atoms with Crippen molar-refractivity contribution in [3.63, 3.8) is 0 Å². The lowest BCUT2D eigenvalue weighted by Crippen LogP contribution is -1.89. The minimum Gasteiger partial charge on any atom is -0.149 e. The fourth-order valence-electron chi connectivity index (χ4n) is 1.82. The lowest BCUT2D eigenvalue weighted by molar-refractivity contribution is 0.828. The third-order valence-electron chi connectivity index (χ3n) is 2.48. The van der Waals surface area contributed by atoms with Crippen LogP contribution in [0, 0.1) is 0 Å². The van der Waals surface area contributed by atoms with Crippen LogP contribution in [-0.2, 0) is 0 Å². The van der Waals surface area contributed by atoms with Gasteiger partial charge in [0.15, 0.2) is 0 Å². The molecule has 0 spiro atoms. The summed E-state index contributed by atoms with van der Waals surface area (Å²) in [5.74, 6) is 0. The van der Waals surface area contributed by atoms with Gasteiger partial charge in [-0.15, -0.1) is 7.80 Å². The van der Waals surface area contributed by atoms with Crippen molar-refractivity contribution in [2.45, 2.75) is 18.5 Å². The van der Waals surface area contributed by atoms with Gasteiger partial charge < -0.3 is 0 Å². The average Bonchev–Trinajstić information content (AvgIpc) is 2.53. The molecule has 0 nitrogen and oxygen atoms in total. The first-order valence-electron chi connectivity index (χ1n) is 4.44. The zero-order valence-electron chi connectivity index (χ0n) is 7.11. The van der Waals surface area contributed by atoms with Crippen LogP contribution < -0.4 is 0 Å². The van der Waals surface area contributed by atoms with E-state index in [2.05, 4.69) is 30.3 Å². The molecule has 1 saturated heterocycles.